The Hall–Kier alpha value is -19.3. The third-order valence-corrected chi connectivity index (χ3v) is 28.9. The first-order chi connectivity index (χ1) is 72.8. The van der Waals surface area contributed by atoms with Crippen molar-refractivity contribution in [1.82, 2.24) is 59.8 Å². The lowest BCUT2D eigenvalue weighted by atomic mass is 9.95. The van der Waals surface area contributed by atoms with Crippen molar-refractivity contribution in [3.8, 4) is 180 Å². The molecule has 0 aliphatic heterocycles. The summed E-state index contributed by atoms with van der Waals surface area (Å²) >= 11 is 3.49. The van der Waals surface area contributed by atoms with E-state index in [9.17, 15) is 0 Å². The van der Waals surface area contributed by atoms with Crippen LogP contribution in [0.3, 0.4) is 0 Å². The maximum atomic E-state index is 6.42. The highest BCUT2D eigenvalue weighted by Crippen LogP contribution is 2.45. The quantitative estimate of drug-likeness (QED) is 0.0839. The predicted octanol–water partition coefficient (Wildman–Crippen LogP) is 34.6. The number of aromatic nitrogens is 12. The molecule has 688 valence electrons. The highest BCUT2D eigenvalue weighted by atomic mass is 32.1. The van der Waals surface area contributed by atoms with Gasteiger partial charge in [0.15, 0.2) is 58.0 Å². The van der Waals surface area contributed by atoms with Gasteiger partial charge in [0, 0.05) is 82.9 Å². The van der Waals surface area contributed by atoms with Gasteiger partial charge in [-0.2, -0.15) is 0 Å². The molecular formula is C132H82N12OS2. The van der Waals surface area contributed by atoms with Crippen LogP contribution in [0.25, 0.3) is 276 Å². The largest absolute Gasteiger partial charge is 0.435 e. The van der Waals surface area contributed by atoms with E-state index >= 15 is 0 Å². The van der Waals surface area contributed by atoms with Gasteiger partial charge in [-0.15, -0.1) is 22.7 Å². The summed E-state index contributed by atoms with van der Waals surface area (Å²) in [6.45, 7) is 0. The molecule has 13 nitrogen and oxygen atoms in total. The Balaban J connectivity index is 0.000000112. The molecule has 0 amide bonds. The molecule has 0 N–H and O–H groups in total. The number of oxazole rings is 1. The number of thiazole rings is 2. The van der Waals surface area contributed by atoms with E-state index in [1.165, 1.54) is 52.8 Å². The highest BCUT2D eigenvalue weighted by molar-refractivity contribution is 7.22. The zero-order valence-electron chi connectivity index (χ0n) is 78.9. The lowest BCUT2D eigenvalue weighted by Gasteiger charge is -2.11. The molecule has 0 atom stereocenters. The molecule has 22 aromatic carbocycles. The number of benzene rings is 22. The van der Waals surface area contributed by atoms with Crippen molar-refractivity contribution in [3.63, 3.8) is 0 Å². The number of nitrogens with zero attached hydrogens (tertiary/aromatic N) is 12. The van der Waals surface area contributed by atoms with E-state index in [0.717, 1.165) is 165 Å². The fourth-order valence-electron chi connectivity index (χ4n) is 19.4. The molecule has 0 unspecified atom stereocenters. The van der Waals surface area contributed by atoms with Crippen LogP contribution >= 0.6 is 22.7 Å². The maximum absolute atomic E-state index is 6.42. The lowest BCUT2D eigenvalue weighted by molar-refractivity contribution is 0.623. The van der Waals surface area contributed by atoms with Gasteiger partial charge in [0.1, 0.15) is 15.5 Å². The molecule has 28 rings (SSSR count). The molecule has 15 heteroatoms. The Kier molecular flexibility index (Phi) is 23.1. The van der Waals surface area contributed by atoms with E-state index in [0.29, 0.717) is 58.3 Å². The molecule has 0 aliphatic carbocycles. The molecule has 0 saturated heterocycles. The van der Waals surface area contributed by atoms with Crippen molar-refractivity contribution in [2.24, 2.45) is 0 Å². The van der Waals surface area contributed by atoms with E-state index in [-0.39, 0.29) is 0 Å². The van der Waals surface area contributed by atoms with Crippen molar-refractivity contribution >= 4 is 119 Å². The summed E-state index contributed by atoms with van der Waals surface area (Å²) in [5.74, 6) is 6.36. The SMILES string of the molecule is c1ccc(-c2cccc(-c3nc(-c4ccccc4)nc(-c4ccc5c(ccc6ccc7nc(-c8ccccc8)oc7c65)c4)n3)c2)cc1.c1ccc(-c2cccc(-c3nc(-c4ccccc4)nc(-c4ccc5c(ccc6ccc7sc(-c8ccccc8)nc7c65)c4)n3)c2)cc1.c1ccc(-c2nc(-c3ccccc3)nc(-c3cccc(-c4ccc(-c5ccc6c(ccc7ccc8sc(-c9ccccc9)nc8c76)c5)cc4)c3)n2)cc1. The predicted molar refractivity (Wildman–Crippen MR) is 605 cm³/mol. The van der Waals surface area contributed by atoms with Crippen LogP contribution in [0.2, 0.25) is 0 Å². The molecule has 0 fully saturated rings. The first kappa shape index (κ1) is 87.9. The number of hydrogen-bond acceptors (Lipinski definition) is 15. The van der Waals surface area contributed by atoms with Crippen molar-refractivity contribution in [2.45, 2.75) is 0 Å². The van der Waals surface area contributed by atoms with Gasteiger partial charge in [-0.3, -0.25) is 0 Å². The van der Waals surface area contributed by atoms with Crippen LogP contribution in [-0.2, 0) is 0 Å². The van der Waals surface area contributed by atoms with Gasteiger partial charge in [0.2, 0.25) is 5.89 Å². The van der Waals surface area contributed by atoms with Crippen LogP contribution in [-0.4, -0.2) is 59.8 Å². The molecule has 0 saturated carbocycles. The first-order valence-electron chi connectivity index (χ1n) is 48.8. The number of fused-ring (bicyclic) bond motifs is 15. The van der Waals surface area contributed by atoms with Gasteiger partial charge in [0.25, 0.3) is 0 Å². The summed E-state index contributed by atoms with van der Waals surface area (Å²) in [7, 11) is 0. The molecular weight excluding hydrogens is 1830 g/mol. The number of hydrogen-bond donors (Lipinski definition) is 0. The first-order valence-corrected chi connectivity index (χ1v) is 50.4. The van der Waals surface area contributed by atoms with Crippen molar-refractivity contribution in [3.05, 3.63) is 497 Å². The van der Waals surface area contributed by atoms with Crippen LogP contribution in [0, 0.1) is 0 Å². The van der Waals surface area contributed by atoms with Gasteiger partial charge in [-0.25, -0.2) is 59.8 Å². The Labute approximate surface area is 853 Å². The number of rotatable bonds is 16. The van der Waals surface area contributed by atoms with Gasteiger partial charge in [-0.1, -0.05) is 431 Å². The van der Waals surface area contributed by atoms with Crippen molar-refractivity contribution in [2.75, 3.05) is 0 Å². The van der Waals surface area contributed by atoms with Crippen molar-refractivity contribution < 1.29 is 4.42 Å². The molecule has 6 heterocycles. The lowest BCUT2D eigenvalue weighted by Crippen LogP contribution is -2.00. The average molecular weight is 1920 g/mol. The van der Waals surface area contributed by atoms with E-state index in [4.69, 9.17) is 64.2 Å². The Bertz CT molecular complexity index is 9420. The van der Waals surface area contributed by atoms with E-state index in [1.807, 2.05) is 182 Å². The topological polar surface area (TPSA) is 168 Å². The molecule has 0 spiro atoms. The zero-order chi connectivity index (χ0) is 97.5. The van der Waals surface area contributed by atoms with Gasteiger partial charge in [-0.05, 0) is 160 Å². The molecule has 6 aromatic heterocycles. The Morgan fingerprint density at radius 3 is 0.728 bits per heavy atom. The third-order valence-electron chi connectivity index (χ3n) is 26.8. The molecule has 147 heavy (non-hydrogen) atoms. The van der Waals surface area contributed by atoms with Crippen LogP contribution in [0.4, 0.5) is 0 Å². The monoisotopic (exact) mass is 1910 g/mol. The fourth-order valence-corrected chi connectivity index (χ4v) is 21.4. The minimum absolute atomic E-state index is 0.615. The second-order valence-electron chi connectivity index (χ2n) is 36.1. The second-order valence-corrected chi connectivity index (χ2v) is 38.2. The van der Waals surface area contributed by atoms with Gasteiger partial charge < -0.3 is 4.42 Å². The van der Waals surface area contributed by atoms with Gasteiger partial charge >= 0.3 is 0 Å². The van der Waals surface area contributed by atoms with Crippen molar-refractivity contribution in [1.29, 1.82) is 0 Å². The molecule has 0 radical (unpaired) electrons. The smallest absolute Gasteiger partial charge is 0.227 e. The van der Waals surface area contributed by atoms with Crippen LogP contribution < -0.4 is 0 Å². The molecule has 0 aliphatic rings. The summed E-state index contributed by atoms with van der Waals surface area (Å²) in [6.07, 6.45) is 0. The Morgan fingerprint density at radius 2 is 0.381 bits per heavy atom. The third kappa shape index (κ3) is 17.7. The minimum atomic E-state index is 0.615. The molecule has 0 bridgehead atoms. The van der Waals surface area contributed by atoms with Crippen LogP contribution in [0.15, 0.2) is 502 Å². The zero-order valence-corrected chi connectivity index (χ0v) is 80.6. The second kappa shape index (κ2) is 38.6. The summed E-state index contributed by atoms with van der Waals surface area (Å²) in [4.78, 5) is 59.9. The fraction of sp³-hybridized carbons (Fsp3) is 0. The maximum Gasteiger partial charge on any atom is 0.227 e. The van der Waals surface area contributed by atoms with E-state index < -0.39 is 0 Å². The van der Waals surface area contributed by atoms with Gasteiger partial charge in [0.05, 0.1) is 20.4 Å². The summed E-state index contributed by atoms with van der Waals surface area (Å²) < 4.78 is 8.80. The highest BCUT2D eigenvalue weighted by Gasteiger charge is 2.23. The average Bonchev–Trinajstić information content (AvgIpc) is 1.67. The van der Waals surface area contributed by atoms with Crippen LogP contribution in [0.1, 0.15) is 0 Å². The van der Waals surface area contributed by atoms with Crippen LogP contribution in [0.5, 0.6) is 0 Å². The summed E-state index contributed by atoms with van der Waals surface area (Å²) in [5.41, 5.74) is 24.5. The standard InChI is InChI=1S/C48H30N4S.C42H26N4O.C42H26N4S/c1-4-11-34(12-5-1)45-50-46(35-13-6-2-7-14-35)52-47(51-45)40-18-10-17-37(30-40)31-19-21-32(22-20-31)38-25-27-41-39(29-38)24-23-33-26-28-42-44(43(33)41)49-48(53-42)36-15-8-3-9-16-36;1-4-11-27(12-5-1)31-17-10-18-33(25-31)40-44-39(29-13-6-2-7-14-29)45-41(46-40)34-21-23-35-32(26-34)20-19-28-22-24-36-38(37(28)35)47-42(43-36)30-15-8-3-9-16-30;1-4-11-27(12-5-1)31-17-10-18-33(25-31)40-44-39(29-13-6-2-7-14-29)45-41(46-40)34-21-23-35-32(26-34)20-19-28-22-24-36-38(37(28)35)43-42(47-36)30-15-8-3-9-16-30/h1-30H;2*1-26H. The summed E-state index contributed by atoms with van der Waals surface area (Å²) in [5, 5.41) is 15.8. The normalized spacial score (nSPS) is 11.4. The van der Waals surface area contributed by atoms with E-state index in [1.54, 1.807) is 22.7 Å². The van der Waals surface area contributed by atoms with E-state index in [2.05, 4.69) is 315 Å². The molecule has 28 aromatic rings. The minimum Gasteiger partial charge on any atom is -0.435 e. The summed E-state index contributed by atoms with van der Waals surface area (Å²) in [6, 6.07) is 172. The Morgan fingerprint density at radius 1 is 0.150 bits per heavy atom.